The second kappa shape index (κ2) is 8.85. The van der Waals surface area contributed by atoms with Crippen LogP contribution in [-0.2, 0) is 9.59 Å². The number of hydrogen-bond acceptors (Lipinski definition) is 5. The molecule has 0 saturated carbocycles. The first-order valence-corrected chi connectivity index (χ1v) is 10.5. The number of hydrogen-bond donors (Lipinski definition) is 1. The SMILES string of the molecule is CCOc1ccc(/C(O)=C2\C(=O)C(=O)N(c3cccc(Cl)c3)C2c2cccnc2)cc1C. The first-order chi connectivity index (χ1) is 15.4. The first-order valence-electron chi connectivity index (χ1n) is 10.1. The molecule has 4 rings (SSSR count). The van der Waals surface area contributed by atoms with Crippen LogP contribution in [-0.4, -0.2) is 28.4 Å². The Morgan fingerprint density at radius 3 is 2.62 bits per heavy atom. The van der Waals surface area contributed by atoms with Gasteiger partial charge >= 0.3 is 0 Å². The lowest BCUT2D eigenvalue weighted by molar-refractivity contribution is -0.132. The van der Waals surface area contributed by atoms with Crippen molar-refractivity contribution in [1.82, 2.24) is 4.98 Å². The maximum Gasteiger partial charge on any atom is 0.300 e. The molecule has 1 aromatic heterocycles. The van der Waals surface area contributed by atoms with Crippen LogP contribution in [0.1, 0.15) is 29.7 Å². The summed E-state index contributed by atoms with van der Waals surface area (Å²) < 4.78 is 5.56. The topological polar surface area (TPSA) is 79.7 Å². The molecular weight excluding hydrogens is 428 g/mol. The summed E-state index contributed by atoms with van der Waals surface area (Å²) >= 11 is 6.15. The van der Waals surface area contributed by atoms with Gasteiger partial charge in [0.1, 0.15) is 11.5 Å². The lowest BCUT2D eigenvalue weighted by Crippen LogP contribution is -2.29. The van der Waals surface area contributed by atoms with Crippen molar-refractivity contribution >= 4 is 34.7 Å². The number of carbonyl (C=O) groups is 2. The Morgan fingerprint density at radius 1 is 1.16 bits per heavy atom. The van der Waals surface area contributed by atoms with Crippen LogP contribution in [0.2, 0.25) is 5.02 Å². The van der Waals surface area contributed by atoms with E-state index in [9.17, 15) is 14.7 Å². The van der Waals surface area contributed by atoms with Gasteiger partial charge in [-0.05, 0) is 67.4 Å². The smallest absolute Gasteiger partial charge is 0.300 e. The Morgan fingerprint density at radius 2 is 1.97 bits per heavy atom. The van der Waals surface area contributed by atoms with E-state index < -0.39 is 17.7 Å². The molecule has 2 heterocycles. The molecule has 32 heavy (non-hydrogen) atoms. The zero-order valence-electron chi connectivity index (χ0n) is 17.6. The van der Waals surface area contributed by atoms with Crippen LogP contribution in [0.3, 0.4) is 0 Å². The van der Waals surface area contributed by atoms with Crippen LogP contribution in [0.25, 0.3) is 5.76 Å². The Kier molecular flexibility index (Phi) is 5.97. The molecule has 1 atom stereocenters. The van der Waals surface area contributed by atoms with Crippen molar-refractivity contribution in [2.45, 2.75) is 19.9 Å². The molecule has 6 nitrogen and oxygen atoms in total. The molecule has 1 N–H and O–H groups in total. The Balaban J connectivity index is 1.90. The van der Waals surface area contributed by atoms with Gasteiger partial charge in [0.05, 0.1) is 18.2 Å². The van der Waals surface area contributed by atoms with Crippen LogP contribution in [0, 0.1) is 6.92 Å². The molecule has 1 aliphatic heterocycles. The molecule has 1 unspecified atom stereocenters. The fourth-order valence-electron chi connectivity index (χ4n) is 3.85. The summed E-state index contributed by atoms with van der Waals surface area (Å²) in [5.41, 5.74) is 2.26. The minimum Gasteiger partial charge on any atom is -0.507 e. The number of ether oxygens (including phenoxy) is 1. The minimum absolute atomic E-state index is 0.00784. The summed E-state index contributed by atoms with van der Waals surface area (Å²) in [6.07, 6.45) is 3.18. The molecule has 1 aliphatic rings. The lowest BCUT2D eigenvalue weighted by atomic mass is 9.95. The molecule has 3 aromatic rings. The average molecular weight is 449 g/mol. The van der Waals surface area contributed by atoms with Gasteiger partial charge in [-0.25, -0.2) is 0 Å². The van der Waals surface area contributed by atoms with Gasteiger partial charge in [-0.15, -0.1) is 0 Å². The quantitative estimate of drug-likeness (QED) is 0.335. The second-order valence-electron chi connectivity index (χ2n) is 7.35. The van der Waals surface area contributed by atoms with Gasteiger partial charge in [0.2, 0.25) is 0 Å². The molecule has 0 aliphatic carbocycles. The third kappa shape index (κ3) is 3.85. The van der Waals surface area contributed by atoms with E-state index >= 15 is 0 Å². The van der Waals surface area contributed by atoms with Crippen molar-refractivity contribution in [3.8, 4) is 5.75 Å². The van der Waals surface area contributed by atoms with E-state index in [-0.39, 0.29) is 11.3 Å². The molecule has 162 valence electrons. The molecule has 1 fully saturated rings. The first kappa shape index (κ1) is 21.6. The number of aliphatic hydroxyl groups is 1. The van der Waals surface area contributed by atoms with E-state index in [0.717, 1.165) is 5.56 Å². The van der Waals surface area contributed by atoms with Gasteiger partial charge in [0, 0.05) is 28.7 Å². The summed E-state index contributed by atoms with van der Waals surface area (Å²) in [5, 5.41) is 11.6. The summed E-state index contributed by atoms with van der Waals surface area (Å²) in [4.78, 5) is 31.7. The Hall–Kier alpha value is -3.64. The van der Waals surface area contributed by atoms with Crippen molar-refractivity contribution in [3.63, 3.8) is 0 Å². The maximum absolute atomic E-state index is 13.1. The molecule has 0 bridgehead atoms. The zero-order chi connectivity index (χ0) is 22.8. The van der Waals surface area contributed by atoms with E-state index in [2.05, 4.69) is 4.98 Å². The number of Topliss-reactive ketones (excluding diaryl/α,β-unsaturated/α-hetero) is 1. The van der Waals surface area contributed by atoms with Crippen LogP contribution in [0.15, 0.2) is 72.6 Å². The van der Waals surface area contributed by atoms with Crippen LogP contribution in [0.5, 0.6) is 5.75 Å². The number of aromatic nitrogens is 1. The van der Waals surface area contributed by atoms with Crippen LogP contribution in [0.4, 0.5) is 5.69 Å². The summed E-state index contributed by atoms with van der Waals surface area (Å²) in [6, 6.07) is 14.4. The van der Waals surface area contributed by atoms with Gasteiger partial charge in [-0.2, -0.15) is 0 Å². The van der Waals surface area contributed by atoms with Crippen molar-refractivity contribution in [3.05, 3.63) is 94.3 Å². The molecule has 1 amide bonds. The number of rotatable bonds is 5. The number of carbonyl (C=O) groups excluding carboxylic acids is 2. The second-order valence-corrected chi connectivity index (χ2v) is 7.79. The highest BCUT2D eigenvalue weighted by molar-refractivity contribution is 6.51. The van der Waals surface area contributed by atoms with E-state index in [1.54, 1.807) is 67.0 Å². The molecule has 0 radical (unpaired) electrons. The fourth-order valence-corrected chi connectivity index (χ4v) is 4.03. The standard InChI is InChI=1S/C25H21ClN2O4/c1-3-32-20-10-9-16(12-15(20)2)23(29)21-22(17-6-5-11-27-14-17)28(25(31)24(21)30)19-8-4-7-18(26)13-19/h4-14,22,29H,3H2,1-2H3/b23-21+. The number of amides is 1. The van der Waals surface area contributed by atoms with Gasteiger partial charge in [-0.3, -0.25) is 19.5 Å². The number of aryl methyl sites for hydroxylation is 1. The zero-order valence-corrected chi connectivity index (χ0v) is 18.3. The Bertz CT molecular complexity index is 1220. The normalized spacial score (nSPS) is 17.6. The van der Waals surface area contributed by atoms with Gasteiger partial charge in [-0.1, -0.05) is 23.7 Å². The maximum atomic E-state index is 13.1. The number of benzene rings is 2. The molecule has 2 aromatic carbocycles. The van der Waals surface area contributed by atoms with Gasteiger partial charge in [0.15, 0.2) is 0 Å². The van der Waals surface area contributed by atoms with Crippen molar-refractivity contribution in [1.29, 1.82) is 0 Å². The van der Waals surface area contributed by atoms with Gasteiger partial charge < -0.3 is 9.84 Å². The lowest BCUT2D eigenvalue weighted by Gasteiger charge is -2.25. The molecule has 1 saturated heterocycles. The predicted molar refractivity (Wildman–Crippen MR) is 123 cm³/mol. The van der Waals surface area contributed by atoms with Crippen LogP contribution < -0.4 is 9.64 Å². The number of anilines is 1. The number of aliphatic hydroxyl groups excluding tert-OH is 1. The Labute approximate surface area is 190 Å². The number of pyridine rings is 1. The minimum atomic E-state index is -0.853. The molecular formula is C25H21ClN2O4. The van der Waals surface area contributed by atoms with E-state index in [1.807, 2.05) is 13.8 Å². The van der Waals surface area contributed by atoms with E-state index in [0.29, 0.717) is 34.2 Å². The highest BCUT2D eigenvalue weighted by Gasteiger charge is 2.47. The highest BCUT2D eigenvalue weighted by Crippen LogP contribution is 2.42. The van der Waals surface area contributed by atoms with Crippen molar-refractivity contribution in [2.75, 3.05) is 11.5 Å². The van der Waals surface area contributed by atoms with Crippen molar-refractivity contribution in [2.24, 2.45) is 0 Å². The fraction of sp³-hybridized carbons (Fsp3) is 0.160. The summed E-state index contributed by atoms with van der Waals surface area (Å²) in [5.74, 6) is -1.09. The molecule has 7 heteroatoms. The van der Waals surface area contributed by atoms with Gasteiger partial charge in [0.25, 0.3) is 11.7 Å². The molecule has 0 spiro atoms. The predicted octanol–water partition coefficient (Wildman–Crippen LogP) is 5.07. The van der Waals surface area contributed by atoms with Crippen LogP contribution >= 0.6 is 11.6 Å². The number of nitrogens with zero attached hydrogens (tertiary/aromatic N) is 2. The highest BCUT2D eigenvalue weighted by atomic mass is 35.5. The monoisotopic (exact) mass is 448 g/mol. The van der Waals surface area contributed by atoms with E-state index in [4.69, 9.17) is 16.3 Å². The number of halogens is 1. The third-order valence-electron chi connectivity index (χ3n) is 5.28. The summed E-state index contributed by atoms with van der Waals surface area (Å²) in [6.45, 7) is 4.25. The number of ketones is 1. The largest absolute Gasteiger partial charge is 0.507 e. The van der Waals surface area contributed by atoms with E-state index in [1.165, 1.54) is 4.90 Å². The third-order valence-corrected chi connectivity index (χ3v) is 5.51. The van der Waals surface area contributed by atoms with Crippen molar-refractivity contribution < 1.29 is 19.4 Å². The summed E-state index contributed by atoms with van der Waals surface area (Å²) in [7, 11) is 0. The average Bonchev–Trinajstić information content (AvgIpc) is 3.06.